The summed E-state index contributed by atoms with van der Waals surface area (Å²) < 4.78 is 30.5. The number of allylic oxidation sites excluding steroid dienone is 2. The van der Waals surface area contributed by atoms with Crippen molar-refractivity contribution in [2.75, 3.05) is 33.0 Å². The summed E-state index contributed by atoms with van der Waals surface area (Å²) in [6.45, 7) is 16.8. The summed E-state index contributed by atoms with van der Waals surface area (Å²) >= 11 is 0. The number of ether oxygens (including phenoxy) is 4. The average Bonchev–Trinajstić information content (AvgIpc) is 3.48. The number of carbonyl (C=O) groups excluding carboxylic acids is 1. The predicted octanol–water partition coefficient (Wildman–Crippen LogP) is 8.43. The lowest BCUT2D eigenvalue weighted by molar-refractivity contribution is -0.206. The van der Waals surface area contributed by atoms with Crippen molar-refractivity contribution in [1.82, 2.24) is 0 Å². The van der Waals surface area contributed by atoms with Gasteiger partial charge in [0, 0.05) is 25.4 Å². The van der Waals surface area contributed by atoms with E-state index in [4.69, 9.17) is 23.4 Å². The number of benzene rings is 2. The maximum atomic E-state index is 13.7. The molecule has 1 atom stereocenters. The molecule has 0 aliphatic carbocycles. The van der Waals surface area contributed by atoms with Gasteiger partial charge in [0.1, 0.15) is 0 Å². The van der Waals surface area contributed by atoms with E-state index >= 15 is 0 Å². The van der Waals surface area contributed by atoms with Gasteiger partial charge in [-0.3, -0.25) is 4.79 Å². The summed E-state index contributed by atoms with van der Waals surface area (Å²) in [5.74, 6) is -1.38. The summed E-state index contributed by atoms with van der Waals surface area (Å²) in [7, 11) is -1.73. The molecule has 1 heterocycles. The van der Waals surface area contributed by atoms with Gasteiger partial charge in [0.2, 0.25) is 5.79 Å². The van der Waals surface area contributed by atoms with Gasteiger partial charge in [0.15, 0.2) is 14.1 Å². The SMILES string of the molecule is CC(/C=C/COC1(C(=O)CC(COCc2ccccc2)COCc2ccccc2)CCCO1)=C\CCO[Si](C)(C)C(C)(C)C. The third-order valence-electron chi connectivity index (χ3n) is 8.46. The summed E-state index contributed by atoms with van der Waals surface area (Å²) in [5.41, 5.74) is 3.34. The van der Waals surface area contributed by atoms with Crippen molar-refractivity contribution in [2.45, 2.75) is 90.5 Å². The highest BCUT2D eigenvalue weighted by Gasteiger charge is 2.44. The summed E-state index contributed by atoms with van der Waals surface area (Å²) in [4.78, 5) is 13.7. The Morgan fingerprint density at radius 3 is 2.09 bits per heavy atom. The lowest BCUT2D eigenvalue weighted by Gasteiger charge is -2.36. The van der Waals surface area contributed by atoms with Gasteiger partial charge in [-0.2, -0.15) is 0 Å². The van der Waals surface area contributed by atoms with Crippen LogP contribution in [-0.4, -0.2) is 52.9 Å². The Bertz CT molecular complexity index is 1120. The van der Waals surface area contributed by atoms with Gasteiger partial charge < -0.3 is 23.4 Å². The Kier molecular flexibility index (Phi) is 14.7. The van der Waals surface area contributed by atoms with Crippen molar-refractivity contribution < 1.29 is 28.2 Å². The molecule has 1 fully saturated rings. The molecule has 44 heavy (non-hydrogen) atoms. The smallest absolute Gasteiger partial charge is 0.229 e. The zero-order valence-electron chi connectivity index (χ0n) is 27.8. The molecule has 0 amide bonds. The third kappa shape index (κ3) is 12.2. The second kappa shape index (κ2) is 17.9. The first-order valence-corrected chi connectivity index (χ1v) is 18.9. The van der Waals surface area contributed by atoms with Crippen molar-refractivity contribution in [2.24, 2.45) is 5.92 Å². The van der Waals surface area contributed by atoms with E-state index in [9.17, 15) is 4.79 Å². The van der Waals surface area contributed by atoms with Crippen LogP contribution in [0, 0.1) is 5.92 Å². The highest BCUT2D eigenvalue weighted by Crippen LogP contribution is 2.36. The van der Waals surface area contributed by atoms with Crippen molar-refractivity contribution in [3.05, 3.63) is 95.6 Å². The van der Waals surface area contributed by atoms with Crippen LogP contribution in [0.3, 0.4) is 0 Å². The van der Waals surface area contributed by atoms with Crippen LogP contribution in [0.25, 0.3) is 0 Å². The van der Waals surface area contributed by atoms with E-state index in [1.807, 2.05) is 72.8 Å². The Hall–Kier alpha value is -2.39. The maximum Gasteiger partial charge on any atom is 0.229 e. The highest BCUT2D eigenvalue weighted by molar-refractivity contribution is 6.74. The molecule has 1 aliphatic heterocycles. The van der Waals surface area contributed by atoms with Crippen LogP contribution in [-0.2, 0) is 41.4 Å². The van der Waals surface area contributed by atoms with Crippen molar-refractivity contribution in [3.63, 3.8) is 0 Å². The fraction of sp³-hybridized carbons (Fsp3) is 0.541. The second-order valence-electron chi connectivity index (χ2n) is 13.3. The fourth-order valence-corrected chi connectivity index (χ4v) is 5.81. The van der Waals surface area contributed by atoms with E-state index in [-0.39, 0.29) is 23.2 Å². The first-order chi connectivity index (χ1) is 21.0. The van der Waals surface area contributed by atoms with E-state index in [0.717, 1.165) is 36.1 Å². The molecule has 242 valence electrons. The van der Waals surface area contributed by atoms with Gasteiger partial charge in [-0.05, 0) is 49.0 Å². The lowest BCUT2D eigenvalue weighted by Crippen LogP contribution is -2.42. The number of carbonyl (C=O) groups is 1. The van der Waals surface area contributed by atoms with E-state index in [1.165, 1.54) is 0 Å². The molecular weight excluding hydrogens is 568 g/mol. The van der Waals surface area contributed by atoms with Gasteiger partial charge in [0.05, 0.1) is 39.6 Å². The molecule has 0 spiro atoms. The molecule has 0 bridgehead atoms. The minimum absolute atomic E-state index is 0.0462. The molecule has 1 saturated heterocycles. The molecule has 2 aromatic carbocycles. The molecule has 0 N–H and O–H groups in total. The molecule has 3 rings (SSSR count). The van der Waals surface area contributed by atoms with Gasteiger partial charge in [-0.15, -0.1) is 0 Å². The van der Waals surface area contributed by atoms with E-state index in [0.29, 0.717) is 46.1 Å². The molecule has 0 saturated carbocycles. The fourth-order valence-electron chi connectivity index (χ4n) is 4.75. The van der Waals surface area contributed by atoms with Gasteiger partial charge in [-0.1, -0.05) is 105 Å². The number of rotatable bonds is 19. The summed E-state index contributed by atoms with van der Waals surface area (Å²) in [6, 6.07) is 20.1. The zero-order valence-corrected chi connectivity index (χ0v) is 28.8. The topological polar surface area (TPSA) is 63.2 Å². The van der Waals surface area contributed by atoms with Gasteiger partial charge >= 0.3 is 0 Å². The number of hydrogen-bond donors (Lipinski definition) is 0. The third-order valence-corrected chi connectivity index (χ3v) is 13.0. The van der Waals surface area contributed by atoms with Crippen LogP contribution >= 0.6 is 0 Å². The molecule has 0 radical (unpaired) electrons. The lowest BCUT2D eigenvalue weighted by atomic mass is 9.97. The van der Waals surface area contributed by atoms with Gasteiger partial charge in [-0.25, -0.2) is 0 Å². The van der Waals surface area contributed by atoms with E-state index in [2.05, 4.69) is 46.9 Å². The van der Waals surface area contributed by atoms with E-state index < -0.39 is 14.1 Å². The molecule has 2 aromatic rings. The summed E-state index contributed by atoms with van der Waals surface area (Å²) in [6.07, 6.45) is 8.67. The van der Waals surface area contributed by atoms with Crippen LogP contribution in [0.4, 0.5) is 0 Å². The van der Waals surface area contributed by atoms with Crippen LogP contribution in [0.1, 0.15) is 64.5 Å². The number of Topliss-reactive ketones (excluding diaryl/α,β-unsaturated/α-hetero) is 1. The van der Waals surface area contributed by atoms with Crippen molar-refractivity contribution in [3.8, 4) is 0 Å². The first-order valence-electron chi connectivity index (χ1n) is 16.0. The van der Waals surface area contributed by atoms with Crippen LogP contribution in [0.2, 0.25) is 18.1 Å². The van der Waals surface area contributed by atoms with Gasteiger partial charge in [0.25, 0.3) is 0 Å². The quantitative estimate of drug-likeness (QED) is 0.0890. The van der Waals surface area contributed by atoms with Crippen molar-refractivity contribution >= 4 is 14.1 Å². The molecule has 1 aliphatic rings. The van der Waals surface area contributed by atoms with Crippen LogP contribution < -0.4 is 0 Å². The summed E-state index contributed by atoms with van der Waals surface area (Å²) in [5, 5.41) is 0.211. The monoisotopic (exact) mass is 622 g/mol. The average molecular weight is 623 g/mol. The van der Waals surface area contributed by atoms with Crippen LogP contribution in [0.15, 0.2) is 84.5 Å². The Morgan fingerprint density at radius 2 is 1.57 bits per heavy atom. The Labute approximate surface area is 266 Å². The zero-order chi connectivity index (χ0) is 31.9. The number of ketones is 1. The first kappa shape index (κ1) is 36.1. The Morgan fingerprint density at radius 1 is 0.977 bits per heavy atom. The minimum atomic E-state index is -1.73. The minimum Gasteiger partial charge on any atom is -0.417 e. The largest absolute Gasteiger partial charge is 0.417 e. The normalized spacial score (nSPS) is 18.0. The van der Waals surface area contributed by atoms with E-state index in [1.54, 1.807) is 0 Å². The maximum absolute atomic E-state index is 13.7. The molecule has 6 nitrogen and oxygen atoms in total. The molecule has 0 aromatic heterocycles. The number of hydrogen-bond acceptors (Lipinski definition) is 6. The predicted molar refractivity (Wildman–Crippen MR) is 180 cm³/mol. The molecular formula is C37H54O6Si. The molecule has 1 unspecified atom stereocenters. The van der Waals surface area contributed by atoms with Crippen LogP contribution in [0.5, 0.6) is 0 Å². The Balaban J connectivity index is 1.52. The standard InChI is InChI=1S/C37H54O6Si/c1-31(17-14-25-43-44(5,6)36(2,3)4)16-13-23-41-37(22-15-24-42-37)35(38)26-34(29-39-27-32-18-9-7-10-19-32)30-40-28-33-20-11-8-12-21-33/h7-13,16-21,34H,14-15,22-30H2,1-6H3/b16-13+,31-17+. The molecule has 7 heteroatoms. The second-order valence-corrected chi connectivity index (χ2v) is 18.1. The van der Waals surface area contributed by atoms with Crippen molar-refractivity contribution in [1.29, 1.82) is 0 Å². The highest BCUT2D eigenvalue weighted by atomic mass is 28.4.